The molecule has 2 heteroatoms. The monoisotopic (exact) mass is 157 g/mol. The lowest BCUT2D eigenvalue weighted by molar-refractivity contribution is 0.0933. The highest BCUT2D eigenvalue weighted by molar-refractivity contribution is 4.71. The molecule has 0 aromatic rings. The molecule has 1 heterocycles. The number of piperidine rings is 1. The summed E-state index contributed by atoms with van der Waals surface area (Å²) in [5, 5.41) is 0. The van der Waals surface area contributed by atoms with Crippen molar-refractivity contribution >= 4 is 0 Å². The molecule has 0 bridgehead atoms. The average Bonchev–Trinajstić information content (AvgIpc) is 2.06. The van der Waals surface area contributed by atoms with Crippen molar-refractivity contribution in [3.8, 4) is 0 Å². The van der Waals surface area contributed by atoms with E-state index < -0.39 is 0 Å². The van der Waals surface area contributed by atoms with E-state index in [9.17, 15) is 0 Å². The minimum Gasteiger partial charge on any atom is -0.384 e. The molecule has 0 saturated carbocycles. The summed E-state index contributed by atoms with van der Waals surface area (Å²) in [4.78, 5) is 2.51. The van der Waals surface area contributed by atoms with Crippen LogP contribution in [0, 0.1) is 5.92 Å². The van der Waals surface area contributed by atoms with Crippen molar-refractivity contribution in [2.75, 3.05) is 33.4 Å². The van der Waals surface area contributed by atoms with E-state index in [2.05, 4.69) is 11.8 Å². The first-order valence-electron chi connectivity index (χ1n) is 4.58. The summed E-state index contributed by atoms with van der Waals surface area (Å²) >= 11 is 0. The predicted octanol–water partition coefficient (Wildman–Crippen LogP) is 1.36. The zero-order valence-electron chi connectivity index (χ0n) is 7.68. The molecule has 0 radical (unpaired) electrons. The van der Waals surface area contributed by atoms with Crippen LogP contribution in [0.2, 0.25) is 0 Å². The Morgan fingerprint density at radius 3 is 3.00 bits per heavy atom. The van der Waals surface area contributed by atoms with Crippen molar-refractivity contribution in [3.05, 3.63) is 0 Å². The Balaban J connectivity index is 2.21. The molecule has 1 atom stereocenters. The van der Waals surface area contributed by atoms with Crippen LogP contribution in [0.15, 0.2) is 0 Å². The Hall–Kier alpha value is -0.0800. The van der Waals surface area contributed by atoms with Gasteiger partial charge in [0, 0.05) is 13.7 Å². The van der Waals surface area contributed by atoms with Gasteiger partial charge in [-0.1, -0.05) is 6.92 Å². The SMILES string of the molecule is CCN1CCC[C@H](COC)C1. The van der Waals surface area contributed by atoms with Gasteiger partial charge in [-0.3, -0.25) is 0 Å². The van der Waals surface area contributed by atoms with Crippen LogP contribution in [-0.4, -0.2) is 38.3 Å². The van der Waals surface area contributed by atoms with Gasteiger partial charge < -0.3 is 9.64 Å². The molecule has 66 valence electrons. The van der Waals surface area contributed by atoms with Crippen molar-refractivity contribution in [2.45, 2.75) is 19.8 Å². The summed E-state index contributed by atoms with van der Waals surface area (Å²) in [7, 11) is 1.80. The highest BCUT2D eigenvalue weighted by Gasteiger charge is 2.17. The smallest absolute Gasteiger partial charge is 0.0502 e. The summed E-state index contributed by atoms with van der Waals surface area (Å²) in [5.74, 6) is 0.786. The number of rotatable bonds is 3. The second kappa shape index (κ2) is 4.73. The number of hydrogen-bond donors (Lipinski definition) is 0. The molecule has 0 aromatic carbocycles. The maximum Gasteiger partial charge on any atom is 0.0502 e. The summed E-state index contributed by atoms with van der Waals surface area (Å²) in [6, 6.07) is 0. The molecular weight excluding hydrogens is 138 g/mol. The molecule has 2 nitrogen and oxygen atoms in total. The van der Waals surface area contributed by atoms with Crippen LogP contribution in [0.25, 0.3) is 0 Å². The normalized spacial score (nSPS) is 27.3. The highest BCUT2D eigenvalue weighted by Crippen LogP contribution is 2.15. The van der Waals surface area contributed by atoms with E-state index in [0.29, 0.717) is 0 Å². The van der Waals surface area contributed by atoms with Gasteiger partial charge in [0.2, 0.25) is 0 Å². The molecule has 0 aliphatic carbocycles. The topological polar surface area (TPSA) is 12.5 Å². The molecular formula is C9H19NO. The van der Waals surface area contributed by atoms with E-state index in [-0.39, 0.29) is 0 Å². The molecule has 1 aliphatic heterocycles. The zero-order valence-corrected chi connectivity index (χ0v) is 7.68. The second-order valence-electron chi connectivity index (χ2n) is 3.36. The quantitative estimate of drug-likeness (QED) is 0.613. The van der Waals surface area contributed by atoms with Crippen molar-refractivity contribution in [1.82, 2.24) is 4.90 Å². The van der Waals surface area contributed by atoms with E-state index >= 15 is 0 Å². The van der Waals surface area contributed by atoms with Crippen molar-refractivity contribution in [1.29, 1.82) is 0 Å². The summed E-state index contributed by atoms with van der Waals surface area (Å²) < 4.78 is 5.15. The molecule has 1 aliphatic rings. The third-order valence-corrected chi connectivity index (χ3v) is 2.45. The van der Waals surface area contributed by atoms with Crippen molar-refractivity contribution in [2.24, 2.45) is 5.92 Å². The average molecular weight is 157 g/mol. The second-order valence-corrected chi connectivity index (χ2v) is 3.36. The van der Waals surface area contributed by atoms with E-state index in [1.807, 2.05) is 0 Å². The Morgan fingerprint density at radius 2 is 2.36 bits per heavy atom. The Bertz CT molecular complexity index is 104. The van der Waals surface area contributed by atoms with Crippen LogP contribution >= 0.6 is 0 Å². The van der Waals surface area contributed by atoms with Crippen molar-refractivity contribution < 1.29 is 4.74 Å². The lowest BCUT2D eigenvalue weighted by Gasteiger charge is -2.31. The van der Waals surface area contributed by atoms with Crippen LogP contribution in [-0.2, 0) is 4.74 Å². The van der Waals surface area contributed by atoms with Gasteiger partial charge in [-0.05, 0) is 31.8 Å². The Labute approximate surface area is 69.5 Å². The molecule has 11 heavy (non-hydrogen) atoms. The third-order valence-electron chi connectivity index (χ3n) is 2.45. The van der Waals surface area contributed by atoms with Crippen LogP contribution in [0.1, 0.15) is 19.8 Å². The van der Waals surface area contributed by atoms with Gasteiger partial charge in [0.25, 0.3) is 0 Å². The van der Waals surface area contributed by atoms with Gasteiger partial charge in [-0.2, -0.15) is 0 Å². The molecule has 1 saturated heterocycles. The van der Waals surface area contributed by atoms with E-state index in [4.69, 9.17) is 4.74 Å². The minimum atomic E-state index is 0.786. The van der Waals surface area contributed by atoms with E-state index in [0.717, 1.165) is 12.5 Å². The van der Waals surface area contributed by atoms with Gasteiger partial charge in [-0.25, -0.2) is 0 Å². The molecule has 0 spiro atoms. The van der Waals surface area contributed by atoms with Crippen LogP contribution in [0.3, 0.4) is 0 Å². The van der Waals surface area contributed by atoms with Gasteiger partial charge in [0.1, 0.15) is 0 Å². The fourth-order valence-corrected chi connectivity index (χ4v) is 1.81. The number of ether oxygens (including phenoxy) is 1. The largest absolute Gasteiger partial charge is 0.384 e. The summed E-state index contributed by atoms with van der Waals surface area (Å²) in [6.45, 7) is 6.90. The Morgan fingerprint density at radius 1 is 1.55 bits per heavy atom. The minimum absolute atomic E-state index is 0.786. The molecule has 1 fully saturated rings. The summed E-state index contributed by atoms with van der Waals surface area (Å²) in [6.07, 6.45) is 2.70. The lowest BCUT2D eigenvalue weighted by atomic mass is 9.99. The number of methoxy groups -OCH3 is 1. The van der Waals surface area contributed by atoms with Crippen LogP contribution in [0.5, 0.6) is 0 Å². The maximum atomic E-state index is 5.15. The van der Waals surface area contributed by atoms with Gasteiger partial charge in [0.15, 0.2) is 0 Å². The molecule has 0 unspecified atom stereocenters. The number of hydrogen-bond acceptors (Lipinski definition) is 2. The van der Waals surface area contributed by atoms with Crippen LogP contribution in [0.4, 0.5) is 0 Å². The molecule has 1 rings (SSSR count). The van der Waals surface area contributed by atoms with Gasteiger partial charge >= 0.3 is 0 Å². The maximum absolute atomic E-state index is 5.15. The molecule has 0 aromatic heterocycles. The third kappa shape index (κ3) is 2.80. The fourth-order valence-electron chi connectivity index (χ4n) is 1.81. The lowest BCUT2D eigenvalue weighted by Crippen LogP contribution is -2.36. The van der Waals surface area contributed by atoms with Gasteiger partial charge in [0.05, 0.1) is 6.61 Å². The fraction of sp³-hybridized carbons (Fsp3) is 1.00. The Kier molecular flexibility index (Phi) is 3.87. The molecule has 0 N–H and O–H groups in total. The predicted molar refractivity (Wildman–Crippen MR) is 46.7 cm³/mol. The number of likely N-dealkylation sites (tertiary alicyclic amines) is 1. The highest BCUT2D eigenvalue weighted by atomic mass is 16.5. The number of nitrogens with zero attached hydrogens (tertiary/aromatic N) is 1. The molecule has 0 amide bonds. The first-order valence-corrected chi connectivity index (χ1v) is 4.58. The zero-order chi connectivity index (χ0) is 8.10. The van der Waals surface area contributed by atoms with Crippen molar-refractivity contribution in [3.63, 3.8) is 0 Å². The summed E-state index contributed by atoms with van der Waals surface area (Å²) in [5.41, 5.74) is 0. The van der Waals surface area contributed by atoms with Crippen LogP contribution < -0.4 is 0 Å². The van der Waals surface area contributed by atoms with Gasteiger partial charge in [-0.15, -0.1) is 0 Å². The first-order chi connectivity index (χ1) is 5.36. The first kappa shape index (κ1) is 9.01. The standard InChI is InChI=1S/C9H19NO/c1-3-10-6-4-5-9(7-10)8-11-2/h9H,3-8H2,1-2H3/t9-/m0/s1. The van der Waals surface area contributed by atoms with E-state index in [1.165, 1.54) is 32.5 Å². The van der Waals surface area contributed by atoms with E-state index in [1.54, 1.807) is 7.11 Å².